The smallest absolute Gasteiger partial charge is 0.270 e. The van der Waals surface area contributed by atoms with E-state index in [4.69, 9.17) is 4.98 Å². The van der Waals surface area contributed by atoms with Gasteiger partial charge in [-0.25, -0.2) is 22.7 Å². The Morgan fingerprint density at radius 2 is 1.70 bits per heavy atom. The molecule has 5 aliphatic rings. The van der Waals surface area contributed by atoms with Crippen LogP contribution in [-0.2, 0) is 4.79 Å². The van der Waals surface area contributed by atoms with Gasteiger partial charge in [0.25, 0.3) is 5.91 Å². The van der Waals surface area contributed by atoms with Crippen molar-refractivity contribution in [1.29, 1.82) is 0 Å². The molecule has 5 fully saturated rings. The van der Waals surface area contributed by atoms with Crippen molar-refractivity contribution in [2.24, 2.45) is 17.3 Å². The van der Waals surface area contributed by atoms with Gasteiger partial charge < -0.3 is 10.6 Å². The number of rotatable bonds is 10. The van der Waals surface area contributed by atoms with Gasteiger partial charge in [-0.05, 0) is 93.7 Å². The molecular formula is C31H38F3N7O2. The van der Waals surface area contributed by atoms with Gasteiger partial charge in [-0.1, -0.05) is 0 Å². The van der Waals surface area contributed by atoms with Crippen LogP contribution in [0.5, 0.6) is 0 Å². The molecule has 3 aromatic rings. The molecule has 0 saturated heterocycles. The third-order valence-electron chi connectivity index (χ3n) is 9.97. The lowest BCUT2D eigenvalue weighted by Gasteiger charge is -2.65. The van der Waals surface area contributed by atoms with Crippen LogP contribution in [0, 0.1) is 17.3 Å². The summed E-state index contributed by atoms with van der Waals surface area (Å²) in [5, 5.41) is 15.1. The van der Waals surface area contributed by atoms with Crippen molar-refractivity contribution in [3.8, 4) is 0 Å². The largest absolute Gasteiger partial charge is 0.349 e. The Hall–Kier alpha value is -3.44. The average Bonchev–Trinajstić information content (AvgIpc) is 3.47. The molecule has 43 heavy (non-hydrogen) atoms. The van der Waals surface area contributed by atoms with E-state index < -0.39 is 17.6 Å². The summed E-state index contributed by atoms with van der Waals surface area (Å²) >= 11 is 0. The highest BCUT2D eigenvalue weighted by Gasteiger charge is 2.69. The fraction of sp³-hybridized carbons (Fsp3) is 0.645. The van der Waals surface area contributed by atoms with Crippen molar-refractivity contribution >= 4 is 17.5 Å². The van der Waals surface area contributed by atoms with Crippen LogP contribution in [0.15, 0.2) is 30.7 Å². The first-order valence-electron chi connectivity index (χ1n) is 15.5. The fourth-order valence-corrected chi connectivity index (χ4v) is 7.70. The summed E-state index contributed by atoms with van der Waals surface area (Å²) in [6, 6.07) is 2.73. The van der Waals surface area contributed by atoms with Crippen molar-refractivity contribution in [1.82, 2.24) is 35.0 Å². The maximum atomic E-state index is 14.1. The van der Waals surface area contributed by atoms with Crippen LogP contribution in [0.3, 0.4) is 0 Å². The summed E-state index contributed by atoms with van der Waals surface area (Å²) in [7, 11) is 0. The van der Waals surface area contributed by atoms with E-state index in [-0.39, 0.29) is 60.9 Å². The number of imidazole rings is 1. The predicted molar refractivity (Wildman–Crippen MR) is 151 cm³/mol. The van der Waals surface area contributed by atoms with Gasteiger partial charge in [-0.15, -0.1) is 0 Å². The van der Waals surface area contributed by atoms with E-state index in [1.807, 2.05) is 19.9 Å². The third kappa shape index (κ3) is 5.42. The molecule has 0 aliphatic heterocycles. The molecule has 3 heterocycles. The molecule has 2 bridgehead atoms. The monoisotopic (exact) mass is 597 g/mol. The highest BCUT2D eigenvalue weighted by atomic mass is 19.3. The van der Waals surface area contributed by atoms with E-state index in [2.05, 4.69) is 20.8 Å². The zero-order valence-corrected chi connectivity index (χ0v) is 24.5. The van der Waals surface area contributed by atoms with Crippen LogP contribution in [0.25, 0.3) is 5.65 Å². The van der Waals surface area contributed by atoms with Crippen LogP contribution in [0.1, 0.15) is 118 Å². The molecule has 2 atom stereocenters. The summed E-state index contributed by atoms with van der Waals surface area (Å²) in [5.74, 6) is -3.00. The molecule has 0 unspecified atom stereocenters. The average molecular weight is 598 g/mol. The zero-order chi connectivity index (χ0) is 30.1. The Morgan fingerprint density at radius 3 is 2.35 bits per heavy atom. The highest BCUT2D eigenvalue weighted by Crippen LogP contribution is 2.71. The van der Waals surface area contributed by atoms with Crippen LogP contribution in [0.2, 0.25) is 0 Å². The minimum absolute atomic E-state index is 0.0281. The number of hydrogen-bond acceptors (Lipinski definition) is 5. The van der Waals surface area contributed by atoms with E-state index in [1.54, 1.807) is 33.9 Å². The van der Waals surface area contributed by atoms with Gasteiger partial charge in [0.05, 0.1) is 30.2 Å². The fourth-order valence-electron chi connectivity index (χ4n) is 7.70. The van der Waals surface area contributed by atoms with Crippen molar-refractivity contribution in [3.63, 3.8) is 0 Å². The van der Waals surface area contributed by atoms with Crippen LogP contribution >= 0.6 is 0 Å². The molecule has 0 spiro atoms. The SMILES string of the molecule is CC(C)n1nccc1C(=O)N[C@H](c1cn2ncc([C@H](NC(=O)CC34CC(F)(C3)C4)C3CC3)cc2n1)C1CCC(F)(F)CC1. The zero-order valence-electron chi connectivity index (χ0n) is 24.5. The second-order valence-electron chi connectivity index (χ2n) is 13.9. The van der Waals surface area contributed by atoms with E-state index >= 15 is 0 Å². The molecule has 5 saturated carbocycles. The van der Waals surface area contributed by atoms with E-state index in [1.165, 1.54) is 0 Å². The van der Waals surface area contributed by atoms with Gasteiger partial charge in [0.1, 0.15) is 11.4 Å². The number of carbonyl (C=O) groups is 2. The number of amides is 2. The van der Waals surface area contributed by atoms with E-state index in [0.717, 1.165) is 18.4 Å². The lowest BCUT2D eigenvalue weighted by Crippen LogP contribution is -2.65. The molecule has 2 N–H and O–H groups in total. The maximum Gasteiger partial charge on any atom is 0.270 e. The van der Waals surface area contributed by atoms with Crippen molar-refractivity contribution in [2.45, 2.75) is 108 Å². The molecule has 12 heteroatoms. The summed E-state index contributed by atoms with van der Waals surface area (Å²) in [5.41, 5.74) is 1.16. The first-order chi connectivity index (χ1) is 20.4. The second kappa shape index (κ2) is 10.1. The first-order valence-corrected chi connectivity index (χ1v) is 15.5. The lowest BCUT2D eigenvalue weighted by atomic mass is 9.41. The maximum absolute atomic E-state index is 14.1. The lowest BCUT2D eigenvalue weighted by molar-refractivity contribution is -0.215. The molecule has 8 rings (SSSR count). The van der Waals surface area contributed by atoms with Gasteiger partial charge in [0.2, 0.25) is 11.8 Å². The minimum atomic E-state index is -2.70. The van der Waals surface area contributed by atoms with E-state index in [0.29, 0.717) is 48.6 Å². The normalized spacial score (nSPS) is 27.8. The standard InChI is InChI=1S/C31H38F3N7O2/c1-18(2)41-23(7-10-35-41)28(43)39-27(20-5-8-31(33,34)9-6-20)22-14-40-24(37-22)11-21(13-36-40)26(19-3-4-19)38-25(42)12-29-15-30(32,16-29)17-29/h7,10-11,13-14,18-20,26-27H,3-6,8-9,12,15-17H2,1-2H3,(H,38,42)(H,39,43)/t26-,27+,29?,30?/m1/s1. The molecular weight excluding hydrogens is 559 g/mol. The number of aromatic nitrogens is 5. The molecule has 2 amide bonds. The number of hydrogen-bond donors (Lipinski definition) is 2. The molecule has 9 nitrogen and oxygen atoms in total. The number of nitrogens with zero attached hydrogens (tertiary/aromatic N) is 5. The molecule has 0 aromatic carbocycles. The van der Waals surface area contributed by atoms with Gasteiger partial charge >= 0.3 is 0 Å². The van der Waals surface area contributed by atoms with E-state index in [9.17, 15) is 22.8 Å². The summed E-state index contributed by atoms with van der Waals surface area (Å²) in [6.45, 7) is 3.86. The van der Waals surface area contributed by atoms with Gasteiger partial charge in [-0.2, -0.15) is 10.2 Å². The summed E-state index contributed by atoms with van der Waals surface area (Å²) in [4.78, 5) is 31.2. The number of nitrogens with one attached hydrogen (secondary N) is 2. The van der Waals surface area contributed by atoms with Gasteiger partial charge in [-0.3, -0.25) is 14.3 Å². The Kier molecular flexibility index (Phi) is 6.63. The second-order valence-corrected chi connectivity index (χ2v) is 13.9. The quantitative estimate of drug-likeness (QED) is 0.314. The van der Waals surface area contributed by atoms with Gasteiger partial charge in [0, 0.05) is 31.5 Å². The van der Waals surface area contributed by atoms with Crippen molar-refractivity contribution < 1.29 is 22.8 Å². The number of carbonyl (C=O) groups excluding carboxylic acids is 2. The number of halogens is 3. The predicted octanol–water partition coefficient (Wildman–Crippen LogP) is 5.65. The van der Waals surface area contributed by atoms with Crippen LogP contribution in [-0.4, -0.2) is 47.8 Å². The Bertz CT molecular complexity index is 1530. The third-order valence-corrected chi connectivity index (χ3v) is 9.97. The Morgan fingerprint density at radius 1 is 1.00 bits per heavy atom. The molecule has 5 aliphatic carbocycles. The van der Waals surface area contributed by atoms with Crippen LogP contribution < -0.4 is 10.6 Å². The molecule has 0 radical (unpaired) electrons. The van der Waals surface area contributed by atoms with Crippen molar-refractivity contribution in [3.05, 3.63) is 47.7 Å². The minimum Gasteiger partial charge on any atom is -0.349 e. The Labute approximate surface area is 248 Å². The van der Waals surface area contributed by atoms with Crippen molar-refractivity contribution in [2.75, 3.05) is 0 Å². The number of fused-ring (bicyclic) bond motifs is 1. The summed E-state index contributed by atoms with van der Waals surface area (Å²) < 4.78 is 45.4. The highest BCUT2D eigenvalue weighted by molar-refractivity contribution is 5.92. The first kappa shape index (κ1) is 28.3. The van der Waals surface area contributed by atoms with Crippen LogP contribution in [0.4, 0.5) is 13.2 Å². The number of alkyl halides is 3. The molecule has 3 aromatic heterocycles. The summed E-state index contributed by atoms with van der Waals surface area (Å²) in [6.07, 6.45) is 8.91. The Balaban J connectivity index is 1.13. The topological polar surface area (TPSA) is 106 Å². The molecule has 230 valence electrons. The van der Waals surface area contributed by atoms with Gasteiger partial charge in [0.15, 0.2) is 5.65 Å².